The smallest absolute Gasteiger partial charge is 0.250 e. The summed E-state index contributed by atoms with van der Waals surface area (Å²) >= 11 is 5.97. The number of halogens is 1. The number of carbonyl (C=O) groups excluding carboxylic acids is 1. The molecule has 0 aliphatic carbocycles. The van der Waals surface area contributed by atoms with Crippen LogP contribution in [-0.4, -0.2) is 36.5 Å². The number of piperidine rings is 1. The zero-order valence-corrected chi connectivity index (χ0v) is 12.9. The lowest BCUT2D eigenvalue weighted by molar-refractivity contribution is 0.100. The summed E-state index contributed by atoms with van der Waals surface area (Å²) in [4.78, 5) is 13.7. The topological polar surface area (TPSA) is 58.4 Å². The minimum atomic E-state index is -0.497. The first kappa shape index (κ1) is 15.1. The van der Waals surface area contributed by atoms with Crippen molar-refractivity contribution in [2.24, 2.45) is 11.7 Å². The summed E-state index contributed by atoms with van der Waals surface area (Å²) in [7, 11) is 2.16. The van der Waals surface area contributed by atoms with E-state index in [0.717, 1.165) is 18.7 Å². The van der Waals surface area contributed by atoms with Crippen LogP contribution in [0.3, 0.4) is 0 Å². The summed E-state index contributed by atoms with van der Waals surface area (Å²) in [6.45, 7) is 5.54. The third-order valence-corrected chi connectivity index (χ3v) is 4.52. The standard InChI is InChI=1S/C15H22ClN3O/c1-9-8-19(3)10(2)6-14(9)18-11-4-5-13(16)12(7-11)15(17)20/h4-5,7,9-10,14,18H,6,8H2,1-3H3,(H2,17,20). The average Bonchev–Trinajstić information content (AvgIpc) is 2.37. The van der Waals surface area contributed by atoms with Crippen LogP contribution >= 0.6 is 11.6 Å². The molecule has 3 atom stereocenters. The number of rotatable bonds is 3. The van der Waals surface area contributed by atoms with Crippen LogP contribution in [0.15, 0.2) is 18.2 Å². The van der Waals surface area contributed by atoms with E-state index in [9.17, 15) is 4.79 Å². The summed E-state index contributed by atoms with van der Waals surface area (Å²) < 4.78 is 0. The van der Waals surface area contributed by atoms with E-state index in [4.69, 9.17) is 17.3 Å². The van der Waals surface area contributed by atoms with E-state index >= 15 is 0 Å². The highest BCUT2D eigenvalue weighted by Crippen LogP contribution is 2.26. The SMILES string of the molecule is CC1CN(C)C(C)CC1Nc1ccc(Cl)c(C(N)=O)c1. The van der Waals surface area contributed by atoms with Crippen molar-refractivity contribution in [2.75, 3.05) is 18.9 Å². The van der Waals surface area contributed by atoms with Gasteiger partial charge in [0.05, 0.1) is 10.6 Å². The molecule has 0 aromatic heterocycles. The van der Waals surface area contributed by atoms with Crippen LogP contribution in [0.2, 0.25) is 5.02 Å². The van der Waals surface area contributed by atoms with Crippen molar-refractivity contribution in [1.82, 2.24) is 4.90 Å². The van der Waals surface area contributed by atoms with E-state index in [1.807, 2.05) is 6.07 Å². The fraction of sp³-hybridized carbons (Fsp3) is 0.533. The van der Waals surface area contributed by atoms with E-state index in [-0.39, 0.29) is 0 Å². The Morgan fingerprint density at radius 3 is 2.80 bits per heavy atom. The number of nitrogens with one attached hydrogen (secondary N) is 1. The molecular formula is C15H22ClN3O. The Labute approximate surface area is 125 Å². The van der Waals surface area contributed by atoms with E-state index in [2.05, 4.69) is 31.1 Å². The number of hydrogen-bond donors (Lipinski definition) is 2. The van der Waals surface area contributed by atoms with Crippen molar-refractivity contribution < 1.29 is 4.79 Å². The number of anilines is 1. The summed E-state index contributed by atoms with van der Waals surface area (Å²) in [6, 6.07) is 6.28. The zero-order chi connectivity index (χ0) is 14.9. The fourth-order valence-electron chi connectivity index (χ4n) is 2.76. The van der Waals surface area contributed by atoms with Gasteiger partial charge < -0.3 is 16.0 Å². The molecule has 4 nitrogen and oxygen atoms in total. The van der Waals surface area contributed by atoms with Gasteiger partial charge in [-0.25, -0.2) is 0 Å². The number of nitrogens with zero attached hydrogens (tertiary/aromatic N) is 1. The minimum absolute atomic E-state index is 0.366. The van der Waals surface area contributed by atoms with Crippen LogP contribution in [0.1, 0.15) is 30.6 Å². The van der Waals surface area contributed by atoms with Crippen molar-refractivity contribution in [1.29, 1.82) is 0 Å². The molecule has 0 bridgehead atoms. The van der Waals surface area contributed by atoms with Gasteiger partial charge in [0.25, 0.3) is 0 Å². The van der Waals surface area contributed by atoms with Gasteiger partial charge in [-0.1, -0.05) is 18.5 Å². The highest BCUT2D eigenvalue weighted by Gasteiger charge is 2.28. The molecule has 1 aliphatic rings. The molecular weight excluding hydrogens is 274 g/mol. The van der Waals surface area contributed by atoms with Gasteiger partial charge in [-0.15, -0.1) is 0 Å². The second-order valence-electron chi connectivity index (χ2n) is 5.81. The highest BCUT2D eigenvalue weighted by atomic mass is 35.5. The lowest BCUT2D eigenvalue weighted by Gasteiger charge is -2.40. The highest BCUT2D eigenvalue weighted by molar-refractivity contribution is 6.33. The van der Waals surface area contributed by atoms with E-state index in [1.165, 1.54) is 0 Å². The van der Waals surface area contributed by atoms with Crippen molar-refractivity contribution >= 4 is 23.2 Å². The molecule has 2 rings (SSSR count). The molecule has 3 N–H and O–H groups in total. The predicted octanol–water partition coefficient (Wildman–Crippen LogP) is 2.58. The van der Waals surface area contributed by atoms with Gasteiger partial charge in [-0.2, -0.15) is 0 Å². The van der Waals surface area contributed by atoms with Crippen LogP contribution in [-0.2, 0) is 0 Å². The van der Waals surface area contributed by atoms with E-state index in [1.54, 1.807) is 12.1 Å². The Bertz CT molecular complexity index is 506. The first-order chi connectivity index (χ1) is 9.38. The first-order valence-corrected chi connectivity index (χ1v) is 7.32. The summed E-state index contributed by atoms with van der Waals surface area (Å²) in [5.41, 5.74) is 6.59. The third-order valence-electron chi connectivity index (χ3n) is 4.19. The predicted molar refractivity (Wildman–Crippen MR) is 83.3 cm³/mol. The van der Waals surface area contributed by atoms with Gasteiger partial charge in [0.2, 0.25) is 5.91 Å². The van der Waals surface area contributed by atoms with Crippen molar-refractivity contribution in [3.05, 3.63) is 28.8 Å². The number of hydrogen-bond acceptors (Lipinski definition) is 3. The molecule has 1 amide bonds. The molecule has 1 heterocycles. The molecule has 1 aromatic carbocycles. The Morgan fingerprint density at radius 1 is 1.45 bits per heavy atom. The Balaban J connectivity index is 2.14. The third kappa shape index (κ3) is 3.25. The molecule has 1 saturated heterocycles. The quantitative estimate of drug-likeness (QED) is 0.901. The van der Waals surface area contributed by atoms with Crippen LogP contribution in [0.5, 0.6) is 0 Å². The first-order valence-electron chi connectivity index (χ1n) is 6.94. The van der Waals surface area contributed by atoms with Crippen LogP contribution in [0.25, 0.3) is 0 Å². The largest absolute Gasteiger partial charge is 0.382 e. The number of carbonyl (C=O) groups is 1. The second-order valence-corrected chi connectivity index (χ2v) is 6.22. The number of nitrogens with two attached hydrogens (primary N) is 1. The van der Waals surface area contributed by atoms with Crippen LogP contribution in [0.4, 0.5) is 5.69 Å². The number of amides is 1. The molecule has 3 unspecified atom stereocenters. The number of primary amides is 1. The van der Waals surface area contributed by atoms with Gasteiger partial charge in [-0.3, -0.25) is 4.79 Å². The molecule has 1 aromatic rings. The summed E-state index contributed by atoms with van der Waals surface area (Å²) in [5.74, 6) is 0.0485. The molecule has 1 fully saturated rings. The molecule has 20 heavy (non-hydrogen) atoms. The van der Waals surface area contributed by atoms with E-state index < -0.39 is 5.91 Å². The van der Waals surface area contributed by atoms with Gasteiger partial charge in [0, 0.05) is 24.3 Å². The van der Waals surface area contributed by atoms with Crippen LogP contribution in [0, 0.1) is 5.92 Å². The summed E-state index contributed by atoms with van der Waals surface area (Å²) in [5, 5.41) is 3.91. The lowest BCUT2D eigenvalue weighted by atomic mass is 9.89. The summed E-state index contributed by atoms with van der Waals surface area (Å²) in [6.07, 6.45) is 1.08. The Morgan fingerprint density at radius 2 is 2.15 bits per heavy atom. The molecule has 0 radical (unpaired) electrons. The Hall–Kier alpha value is -1.26. The maximum atomic E-state index is 11.3. The number of benzene rings is 1. The number of likely N-dealkylation sites (tertiary alicyclic amines) is 1. The normalized spacial score (nSPS) is 27.3. The maximum Gasteiger partial charge on any atom is 0.250 e. The van der Waals surface area contributed by atoms with Crippen molar-refractivity contribution in [3.63, 3.8) is 0 Å². The Kier molecular flexibility index (Phi) is 4.55. The van der Waals surface area contributed by atoms with Gasteiger partial charge in [-0.05, 0) is 44.5 Å². The lowest BCUT2D eigenvalue weighted by Crippen LogP contribution is -2.48. The van der Waals surface area contributed by atoms with Crippen LogP contribution < -0.4 is 11.1 Å². The molecule has 1 aliphatic heterocycles. The van der Waals surface area contributed by atoms with Crippen molar-refractivity contribution in [2.45, 2.75) is 32.4 Å². The zero-order valence-electron chi connectivity index (χ0n) is 12.2. The fourth-order valence-corrected chi connectivity index (χ4v) is 2.97. The molecule has 5 heteroatoms. The maximum absolute atomic E-state index is 11.3. The van der Waals surface area contributed by atoms with E-state index in [0.29, 0.717) is 28.6 Å². The average molecular weight is 296 g/mol. The molecule has 0 spiro atoms. The minimum Gasteiger partial charge on any atom is -0.382 e. The molecule has 0 saturated carbocycles. The van der Waals surface area contributed by atoms with Crippen molar-refractivity contribution in [3.8, 4) is 0 Å². The van der Waals surface area contributed by atoms with Gasteiger partial charge >= 0.3 is 0 Å². The second kappa shape index (κ2) is 6.02. The van der Waals surface area contributed by atoms with Gasteiger partial charge in [0.1, 0.15) is 0 Å². The monoisotopic (exact) mass is 295 g/mol. The van der Waals surface area contributed by atoms with Gasteiger partial charge in [0.15, 0.2) is 0 Å². The molecule has 110 valence electrons.